The molecular formula is C12H15NOS. The van der Waals surface area contributed by atoms with Crippen molar-refractivity contribution in [2.45, 2.75) is 4.90 Å². The highest BCUT2D eigenvalue weighted by molar-refractivity contribution is 8.32. The van der Waals surface area contributed by atoms with E-state index in [4.69, 9.17) is 0 Å². The Bertz CT molecular complexity index is 551. The molecule has 0 spiro atoms. The topological polar surface area (TPSA) is 32.9 Å². The van der Waals surface area contributed by atoms with Gasteiger partial charge in [-0.15, -0.1) is 0 Å². The average Bonchev–Trinajstić information content (AvgIpc) is 2.16. The van der Waals surface area contributed by atoms with Crippen molar-refractivity contribution in [1.82, 2.24) is 4.98 Å². The Morgan fingerprint density at radius 1 is 1.13 bits per heavy atom. The second-order valence-electron chi connectivity index (χ2n) is 4.39. The number of hydrogen-bond donors (Lipinski definition) is 1. The van der Waals surface area contributed by atoms with Crippen LogP contribution in [0.3, 0.4) is 0 Å². The fourth-order valence-electron chi connectivity index (χ4n) is 1.54. The lowest BCUT2D eigenvalue weighted by molar-refractivity contribution is 1.27. The van der Waals surface area contributed by atoms with Crippen LogP contribution in [0, 0.1) is 0 Å². The summed E-state index contributed by atoms with van der Waals surface area (Å²) in [5.74, 6) is 0. The number of nitrogens with one attached hydrogen (secondary N) is 1. The Balaban J connectivity index is 2.76. The second-order valence-corrected chi connectivity index (χ2v) is 8.54. The normalized spacial score (nSPS) is 13.0. The Kier molecular flexibility index (Phi) is 2.35. The van der Waals surface area contributed by atoms with E-state index in [1.165, 1.54) is 4.90 Å². The summed E-state index contributed by atoms with van der Waals surface area (Å²) < 4.78 is 0. The minimum Gasteiger partial charge on any atom is -0.329 e. The molecule has 80 valence electrons. The molecule has 0 atom stereocenters. The van der Waals surface area contributed by atoms with E-state index in [1.54, 1.807) is 6.20 Å². The van der Waals surface area contributed by atoms with E-state index >= 15 is 0 Å². The molecule has 1 heterocycles. The van der Waals surface area contributed by atoms with Crippen LogP contribution in [0.5, 0.6) is 0 Å². The number of hydrogen-bond acceptors (Lipinski definition) is 1. The minimum absolute atomic E-state index is 0.00185. The van der Waals surface area contributed by atoms with Gasteiger partial charge < -0.3 is 4.98 Å². The fraction of sp³-hybridized carbons (Fsp3) is 0.250. The zero-order valence-electron chi connectivity index (χ0n) is 9.20. The molecule has 2 rings (SSSR count). The molecular weight excluding hydrogens is 206 g/mol. The van der Waals surface area contributed by atoms with Crippen molar-refractivity contribution in [3.8, 4) is 0 Å². The largest absolute Gasteiger partial charge is 0.329 e. The molecule has 0 unspecified atom stereocenters. The second kappa shape index (κ2) is 3.42. The van der Waals surface area contributed by atoms with Crippen LogP contribution in [0.2, 0.25) is 0 Å². The van der Waals surface area contributed by atoms with Gasteiger partial charge in [0.25, 0.3) is 5.56 Å². The van der Waals surface area contributed by atoms with Crippen LogP contribution in [-0.4, -0.2) is 23.8 Å². The number of rotatable bonds is 1. The Morgan fingerprint density at radius 2 is 1.87 bits per heavy atom. The molecule has 1 aromatic heterocycles. The highest BCUT2D eigenvalue weighted by Crippen LogP contribution is 2.45. The first kappa shape index (κ1) is 10.3. The molecule has 0 aliphatic carbocycles. The third-order valence-electron chi connectivity index (χ3n) is 2.45. The third kappa shape index (κ3) is 1.92. The average molecular weight is 221 g/mol. The predicted octanol–water partition coefficient (Wildman–Crippen LogP) is 2.58. The fourth-order valence-corrected chi connectivity index (χ4v) is 2.49. The van der Waals surface area contributed by atoms with Crippen molar-refractivity contribution < 1.29 is 0 Å². The van der Waals surface area contributed by atoms with E-state index in [2.05, 4.69) is 29.8 Å². The first-order valence-corrected chi connectivity index (χ1v) is 7.64. The van der Waals surface area contributed by atoms with Crippen LogP contribution >= 0.6 is 10.0 Å². The lowest BCUT2D eigenvalue weighted by atomic mass is 10.2. The molecule has 0 bridgehead atoms. The maximum atomic E-state index is 11.6. The Labute approximate surface area is 90.6 Å². The van der Waals surface area contributed by atoms with Gasteiger partial charge in [-0.2, -0.15) is 0 Å². The molecule has 0 amide bonds. The summed E-state index contributed by atoms with van der Waals surface area (Å²) in [7, 11) is -0.764. The van der Waals surface area contributed by atoms with Gasteiger partial charge in [-0.05, 0) is 47.2 Å². The van der Waals surface area contributed by atoms with E-state index < -0.39 is 10.0 Å². The van der Waals surface area contributed by atoms with Gasteiger partial charge in [0.15, 0.2) is 0 Å². The first-order chi connectivity index (χ1) is 6.98. The number of benzene rings is 1. The van der Waals surface area contributed by atoms with E-state index in [1.807, 2.05) is 18.2 Å². The number of pyridine rings is 1. The quantitative estimate of drug-likeness (QED) is 0.788. The van der Waals surface area contributed by atoms with Gasteiger partial charge in [-0.3, -0.25) is 4.79 Å². The van der Waals surface area contributed by atoms with Crippen LogP contribution < -0.4 is 5.56 Å². The molecule has 1 N–H and O–H groups in total. The van der Waals surface area contributed by atoms with Crippen LogP contribution in [0.25, 0.3) is 10.8 Å². The van der Waals surface area contributed by atoms with Crippen LogP contribution in [-0.2, 0) is 0 Å². The molecule has 0 aliphatic rings. The van der Waals surface area contributed by atoms with Gasteiger partial charge in [-0.25, -0.2) is 10.0 Å². The number of aromatic amines is 1. The standard InChI is InChI=1S/C12H15NOS/c1-15(2,3)10-5-4-9-6-7-13-12(14)11(9)8-10/h4-8H,1-3H3,(H,13,14). The van der Waals surface area contributed by atoms with Gasteiger partial charge in [0.2, 0.25) is 0 Å². The Hall–Kier alpha value is -1.22. The molecule has 3 heteroatoms. The zero-order chi connectivity index (χ0) is 11.1. The lowest BCUT2D eigenvalue weighted by Crippen LogP contribution is -2.05. The van der Waals surface area contributed by atoms with E-state index in [9.17, 15) is 4.79 Å². The monoisotopic (exact) mass is 221 g/mol. The van der Waals surface area contributed by atoms with Gasteiger partial charge in [-0.1, -0.05) is 6.07 Å². The van der Waals surface area contributed by atoms with E-state index in [0.29, 0.717) is 0 Å². The first-order valence-electron chi connectivity index (χ1n) is 4.78. The summed E-state index contributed by atoms with van der Waals surface area (Å²) in [6.07, 6.45) is 8.37. The van der Waals surface area contributed by atoms with Gasteiger partial charge in [0.05, 0.1) is 0 Å². The van der Waals surface area contributed by atoms with Gasteiger partial charge in [0.1, 0.15) is 0 Å². The van der Waals surface area contributed by atoms with Crippen molar-refractivity contribution in [2.24, 2.45) is 0 Å². The maximum Gasteiger partial charge on any atom is 0.255 e. The Morgan fingerprint density at radius 3 is 2.53 bits per heavy atom. The van der Waals surface area contributed by atoms with Crippen molar-refractivity contribution in [3.05, 3.63) is 40.8 Å². The van der Waals surface area contributed by atoms with Crippen molar-refractivity contribution in [1.29, 1.82) is 0 Å². The molecule has 0 saturated carbocycles. The number of aromatic nitrogens is 1. The minimum atomic E-state index is -0.764. The van der Waals surface area contributed by atoms with Crippen LogP contribution in [0.15, 0.2) is 40.2 Å². The maximum absolute atomic E-state index is 11.6. The van der Waals surface area contributed by atoms with Crippen LogP contribution in [0.1, 0.15) is 0 Å². The zero-order valence-corrected chi connectivity index (χ0v) is 10.0. The van der Waals surface area contributed by atoms with E-state index in [-0.39, 0.29) is 5.56 Å². The van der Waals surface area contributed by atoms with Gasteiger partial charge >= 0.3 is 0 Å². The van der Waals surface area contributed by atoms with Crippen molar-refractivity contribution in [3.63, 3.8) is 0 Å². The van der Waals surface area contributed by atoms with Crippen LogP contribution in [0.4, 0.5) is 0 Å². The highest BCUT2D eigenvalue weighted by atomic mass is 32.3. The van der Waals surface area contributed by atoms with E-state index in [0.717, 1.165) is 10.8 Å². The molecule has 0 saturated heterocycles. The predicted molar refractivity (Wildman–Crippen MR) is 68.2 cm³/mol. The summed E-state index contributed by atoms with van der Waals surface area (Å²) >= 11 is 0. The molecule has 0 fully saturated rings. The summed E-state index contributed by atoms with van der Waals surface area (Å²) in [5, 5.41) is 1.79. The molecule has 2 nitrogen and oxygen atoms in total. The highest BCUT2D eigenvalue weighted by Gasteiger charge is 2.09. The van der Waals surface area contributed by atoms with Gasteiger partial charge in [0, 0.05) is 11.6 Å². The summed E-state index contributed by atoms with van der Waals surface area (Å²) in [5.41, 5.74) is -0.00185. The number of fused-ring (bicyclic) bond motifs is 1. The van der Waals surface area contributed by atoms with Crippen molar-refractivity contribution >= 4 is 20.8 Å². The molecule has 0 aliphatic heterocycles. The lowest BCUT2D eigenvalue weighted by Gasteiger charge is -2.25. The smallest absolute Gasteiger partial charge is 0.255 e. The summed E-state index contributed by atoms with van der Waals surface area (Å²) in [6, 6.07) is 8.09. The molecule has 2 aromatic rings. The summed E-state index contributed by atoms with van der Waals surface area (Å²) in [6.45, 7) is 0. The third-order valence-corrected chi connectivity index (χ3v) is 4.12. The number of H-pyrrole nitrogens is 1. The molecule has 0 radical (unpaired) electrons. The SMILES string of the molecule is CS(C)(C)c1ccc2cc[nH]c(=O)c2c1. The molecule has 15 heavy (non-hydrogen) atoms. The van der Waals surface area contributed by atoms with Crippen molar-refractivity contribution in [2.75, 3.05) is 18.8 Å². The molecule has 1 aromatic carbocycles. The summed E-state index contributed by atoms with van der Waals surface area (Å²) in [4.78, 5) is 15.6.